The van der Waals surface area contributed by atoms with Crippen molar-refractivity contribution in [3.05, 3.63) is 35.9 Å². The molecule has 0 saturated carbocycles. The third kappa shape index (κ3) is 5.34. The lowest BCUT2D eigenvalue weighted by Gasteiger charge is -2.30. The molecule has 0 fully saturated rings. The van der Waals surface area contributed by atoms with Crippen molar-refractivity contribution >= 4 is 13.6 Å². The topological polar surface area (TPSA) is 60.8 Å². The van der Waals surface area contributed by atoms with E-state index < -0.39 is 7.69 Å². The van der Waals surface area contributed by atoms with Crippen LogP contribution in [0.2, 0.25) is 0 Å². The van der Waals surface area contributed by atoms with Gasteiger partial charge in [-0.05, 0) is 39.8 Å². The first-order valence-electron chi connectivity index (χ1n) is 6.05. The third-order valence-corrected chi connectivity index (χ3v) is 2.37. The first kappa shape index (κ1) is 16.7. The van der Waals surface area contributed by atoms with Crippen molar-refractivity contribution in [1.29, 1.82) is 0 Å². The van der Waals surface area contributed by atoms with Gasteiger partial charge in [0.15, 0.2) is 0 Å². The van der Waals surface area contributed by atoms with Gasteiger partial charge in [0.2, 0.25) is 0 Å². The van der Waals surface area contributed by atoms with Gasteiger partial charge in [-0.3, -0.25) is 4.79 Å². The maximum atomic E-state index is 12.2. The molecule has 100 valence electrons. The van der Waals surface area contributed by atoms with Gasteiger partial charge in [0.1, 0.15) is 0 Å². The van der Waals surface area contributed by atoms with E-state index in [9.17, 15) is 4.79 Å². The van der Waals surface area contributed by atoms with Crippen LogP contribution in [0.3, 0.4) is 0 Å². The predicted molar refractivity (Wildman–Crippen MR) is 74.5 cm³/mol. The quantitative estimate of drug-likeness (QED) is 0.793. The van der Waals surface area contributed by atoms with E-state index in [2.05, 4.69) is 0 Å². The lowest BCUT2D eigenvalue weighted by atomic mass is 10.1. The molecule has 0 atom stereocenters. The molecule has 2 N–H and O–H groups in total. The van der Waals surface area contributed by atoms with E-state index in [-0.39, 0.29) is 18.0 Å². The van der Waals surface area contributed by atoms with Gasteiger partial charge in [0.05, 0.1) is 0 Å². The second-order valence-electron chi connectivity index (χ2n) is 4.41. The highest BCUT2D eigenvalue weighted by Gasteiger charge is 2.20. The summed E-state index contributed by atoms with van der Waals surface area (Å²) >= 11 is 0. The minimum atomic E-state index is -0.750. The molecular formula is C13H22BNO3. The van der Waals surface area contributed by atoms with Gasteiger partial charge >= 0.3 is 7.69 Å². The van der Waals surface area contributed by atoms with Crippen molar-refractivity contribution in [2.24, 2.45) is 0 Å². The molecule has 5 heteroatoms. The van der Waals surface area contributed by atoms with Gasteiger partial charge in [-0.1, -0.05) is 18.2 Å². The van der Waals surface area contributed by atoms with E-state index in [1.54, 1.807) is 0 Å². The highest BCUT2D eigenvalue weighted by Crippen LogP contribution is 2.11. The van der Waals surface area contributed by atoms with E-state index in [0.717, 1.165) is 5.56 Å². The Morgan fingerprint density at radius 3 is 1.78 bits per heavy atom. The van der Waals surface area contributed by atoms with Crippen LogP contribution in [-0.4, -0.2) is 40.6 Å². The highest BCUT2D eigenvalue weighted by atomic mass is 16.4. The lowest BCUT2D eigenvalue weighted by Crippen LogP contribution is -2.42. The Bertz CT molecular complexity index is 333. The molecule has 0 aliphatic rings. The summed E-state index contributed by atoms with van der Waals surface area (Å²) in [5, 5.41) is 14.2. The SMILES string of the molecule is CC(C)N(C(=O)c1ccccc1)C(C)C.OBO. The fraction of sp³-hybridized carbons (Fsp3) is 0.462. The molecule has 1 amide bonds. The molecule has 0 unspecified atom stereocenters. The van der Waals surface area contributed by atoms with Gasteiger partial charge in [0, 0.05) is 17.6 Å². The number of hydrogen-bond acceptors (Lipinski definition) is 3. The molecule has 1 rings (SSSR count). The molecule has 1 aromatic carbocycles. The molecule has 0 aromatic heterocycles. The van der Waals surface area contributed by atoms with Crippen LogP contribution in [0.1, 0.15) is 38.1 Å². The smallest absolute Gasteiger partial charge is 0.430 e. The second-order valence-corrected chi connectivity index (χ2v) is 4.41. The van der Waals surface area contributed by atoms with E-state index in [1.807, 2.05) is 62.9 Å². The average Bonchev–Trinajstić information content (AvgIpc) is 2.30. The minimum absolute atomic E-state index is 0.112. The Balaban J connectivity index is 0.000000873. The molecule has 0 aliphatic heterocycles. The number of carbonyl (C=O) groups is 1. The third-order valence-electron chi connectivity index (χ3n) is 2.37. The van der Waals surface area contributed by atoms with Gasteiger partial charge in [-0.2, -0.15) is 0 Å². The van der Waals surface area contributed by atoms with Crippen LogP contribution in [0.25, 0.3) is 0 Å². The summed E-state index contributed by atoms with van der Waals surface area (Å²) in [6.07, 6.45) is 0. The predicted octanol–water partition coefficient (Wildman–Crippen LogP) is 1.18. The van der Waals surface area contributed by atoms with Gasteiger partial charge in [0.25, 0.3) is 5.91 Å². The fourth-order valence-corrected chi connectivity index (χ4v) is 1.80. The highest BCUT2D eigenvalue weighted by molar-refractivity contribution is 6.13. The number of nitrogens with zero attached hydrogens (tertiary/aromatic N) is 1. The molecule has 0 heterocycles. The van der Waals surface area contributed by atoms with Crippen LogP contribution in [0, 0.1) is 0 Å². The van der Waals surface area contributed by atoms with Crippen molar-refractivity contribution in [3.8, 4) is 0 Å². The molecule has 0 aliphatic carbocycles. The Morgan fingerprint density at radius 2 is 1.44 bits per heavy atom. The zero-order valence-electron chi connectivity index (χ0n) is 11.5. The zero-order valence-corrected chi connectivity index (χ0v) is 11.5. The summed E-state index contributed by atoms with van der Waals surface area (Å²) < 4.78 is 0. The summed E-state index contributed by atoms with van der Waals surface area (Å²) in [4.78, 5) is 14.1. The maximum absolute atomic E-state index is 12.2. The van der Waals surface area contributed by atoms with E-state index in [1.165, 1.54) is 0 Å². The van der Waals surface area contributed by atoms with Crippen LogP contribution in [0.4, 0.5) is 0 Å². The van der Waals surface area contributed by atoms with Crippen molar-refractivity contribution in [3.63, 3.8) is 0 Å². The van der Waals surface area contributed by atoms with Gasteiger partial charge < -0.3 is 14.9 Å². The largest absolute Gasteiger partial charge is 0.432 e. The summed E-state index contributed by atoms with van der Waals surface area (Å²) in [5.41, 5.74) is 0.764. The van der Waals surface area contributed by atoms with Crippen LogP contribution in [0.15, 0.2) is 30.3 Å². The van der Waals surface area contributed by atoms with Crippen LogP contribution < -0.4 is 0 Å². The van der Waals surface area contributed by atoms with Crippen LogP contribution >= 0.6 is 0 Å². The Morgan fingerprint density at radius 1 is 1.06 bits per heavy atom. The number of amides is 1. The number of benzene rings is 1. The normalized spacial score (nSPS) is 9.78. The Kier molecular flexibility index (Phi) is 8.08. The first-order chi connectivity index (χ1) is 8.45. The molecule has 0 saturated heterocycles. The van der Waals surface area contributed by atoms with Crippen LogP contribution in [0.5, 0.6) is 0 Å². The van der Waals surface area contributed by atoms with Crippen molar-refractivity contribution in [1.82, 2.24) is 4.90 Å². The summed E-state index contributed by atoms with van der Waals surface area (Å²) in [6.45, 7) is 8.17. The number of rotatable bonds is 3. The Labute approximate surface area is 110 Å². The zero-order chi connectivity index (χ0) is 14.1. The molecule has 4 nitrogen and oxygen atoms in total. The van der Waals surface area contributed by atoms with Crippen molar-refractivity contribution < 1.29 is 14.8 Å². The fourth-order valence-electron chi connectivity index (χ4n) is 1.80. The number of hydrogen-bond donors (Lipinski definition) is 2. The maximum Gasteiger partial charge on any atom is 0.432 e. The van der Waals surface area contributed by atoms with Crippen molar-refractivity contribution in [2.45, 2.75) is 39.8 Å². The monoisotopic (exact) mass is 251 g/mol. The second kappa shape index (κ2) is 8.72. The first-order valence-corrected chi connectivity index (χ1v) is 6.05. The Hall–Kier alpha value is -1.33. The van der Waals surface area contributed by atoms with E-state index in [0.29, 0.717) is 0 Å². The standard InChI is InChI=1S/C13H19NO.BH3O2/c1-10(2)14(11(3)4)13(15)12-8-6-5-7-9-12;2-1-3/h5-11H,1-4H3;1-3H. The number of carbonyl (C=O) groups excluding carboxylic acids is 1. The molecule has 18 heavy (non-hydrogen) atoms. The van der Waals surface area contributed by atoms with Crippen molar-refractivity contribution in [2.75, 3.05) is 0 Å². The summed E-state index contributed by atoms with van der Waals surface area (Å²) in [5.74, 6) is 0.112. The lowest BCUT2D eigenvalue weighted by molar-refractivity contribution is 0.0643. The molecule has 0 radical (unpaired) electrons. The molecule has 0 spiro atoms. The molecule has 0 bridgehead atoms. The average molecular weight is 251 g/mol. The minimum Gasteiger partial charge on any atom is -0.430 e. The van der Waals surface area contributed by atoms with E-state index >= 15 is 0 Å². The van der Waals surface area contributed by atoms with Gasteiger partial charge in [-0.15, -0.1) is 0 Å². The van der Waals surface area contributed by atoms with Crippen LogP contribution in [-0.2, 0) is 0 Å². The van der Waals surface area contributed by atoms with Gasteiger partial charge in [-0.25, -0.2) is 0 Å². The summed E-state index contributed by atoms with van der Waals surface area (Å²) in [6, 6.07) is 9.90. The summed E-state index contributed by atoms with van der Waals surface area (Å²) in [7, 11) is -0.750. The van der Waals surface area contributed by atoms with E-state index in [4.69, 9.17) is 10.0 Å². The molecule has 1 aromatic rings. The molecular weight excluding hydrogens is 229 g/mol.